The van der Waals surface area contributed by atoms with Gasteiger partial charge in [0.1, 0.15) is 0 Å². The SMILES string of the molecule is O=C(Nc1ccc(F)c(F)c1)c1cc(-c2cccs2)nc2ccccc12. The Bertz CT molecular complexity index is 1110. The largest absolute Gasteiger partial charge is 0.322 e. The molecule has 0 fully saturated rings. The van der Waals surface area contributed by atoms with Gasteiger partial charge in [0.15, 0.2) is 11.6 Å². The number of amides is 1. The van der Waals surface area contributed by atoms with Gasteiger partial charge >= 0.3 is 0 Å². The number of carbonyl (C=O) groups excluding carboxylic acids is 1. The van der Waals surface area contributed by atoms with E-state index in [1.807, 2.05) is 35.7 Å². The number of fused-ring (bicyclic) bond motifs is 1. The lowest BCUT2D eigenvalue weighted by Crippen LogP contribution is -2.13. The molecule has 26 heavy (non-hydrogen) atoms. The molecule has 4 rings (SSSR count). The van der Waals surface area contributed by atoms with Crippen molar-refractivity contribution in [2.24, 2.45) is 0 Å². The van der Waals surface area contributed by atoms with Crippen molar-refractivity contribution < 1.29 is 13.6 Å². The van der Waals surface area contributed by atoms with Crippen molar-refractivity contribution in [2.45, 2.75) is 0 Å². The summed E-state index contributed by atoms with van der Waals surface area (Å²) in [5.41, 5.74) is 1.99. The first kappa shape index (κ1) is 16.4. The van der Waals surface area contributed by atoms with Crippen molar-refractivity contribution in [3.63, 3.8) is 0 Å². The Morgan fingerprint density at radius 2 is 1.81 bits per heavy atom. The third-order valence-corrected chi connectivity index (χ3v) is 4.80. The van der Waals surface area contributed by atoms with Crippen LogP contribution in [0.5, 0.6) is 0 Å². The number of rotatable bonds is 3. The number of nitrogens with one attached hydrogen (secondary N) is 1. The number of thiophene rings is 1. The number of benzene rings is 2. The molecule has 0 unspecified atom stereocenters. The lowest BCUT2D eigenvalue weighted by molar-refractivity contribution is 0.102. The third-order valence-electron chi connectivity index (χ3n) is 3.91. The van der Waals surface area contributed by atoms with Crippen LogP contribution in [0.15, 0.2) is 66.0 Å². The van der Waals surface area contributed by atoms with Gasteiger partial charge in [-0.1, -0.05) is 24.3 Å². The monoisotopic (exact) mass is 366 g/mol. The molecule has 0 radical (unpaired) electrons. The number of carbonyl (C=O) groups is 1. The third kappa shape index (κ3) is 3.07. The predicted molar refractivity (Wildman–Crippen MR) is 99.4 cm³/mol. The molecule has 0 spiro atoms. The van der Waals surface area contributed by atoms with E-state index in [9.17, 15) is 13.6 Å². The van der Waals surface area contributed by atoms with E-state index in [1.165, 1.54) is 17.4 Å². The predicted octanol–water partition coefficient (Wildman–Crippen LogP) is 5.49. The highest BCUT2D eigenvalue weighted by atomic mass is 32.1. The van der Waals surface area contributed by atoms with Gasteiger partial charge in [0.25, 0.3) is 5.91 Å². The number of para-hydroxylation sites is 1. The van der Waals surface area contributed by atoms with E-state index >= 15 is 0 Å². The maximum Gasteiger partial charge on any atom is 0.256 e. The number of pyridine rings is 1. The highest BCUT2D eigenvalue weighted by molar-refractivity contribution is 7.13. The van der Waals surface area contributed by atoms with E-state index in [-0.39, 0.29) is 5.69 Å². The van der Waals surface area contributed by atoms with E-state index in [2.05, 4.69) is 10.3 Å². The van der Waals surface area contributed by atoms with Crippen LogP contribution in [0.25, 0.3) is 21.5 Å². The fourth-order valence-corrected chi connectivity index (χ4v) is 3.37. The molecule has 1 N–H and O–H groups in total. The Hall–Kier alpha value is -3.12. The summed E-state index contributed by atoms with van der Waals surface area (Å²) in [7, 11) is 0. The summed E-state index contributed by atoms with van der Waals surface area (Å²) in [6, 6.07) is 16.1. The second-order valence-electron chi connectivity index (χ2n) is 5.63. The van der Waals surface area contributed by atoms with E-state index in [0.29, 0.717) is 22.2 Å². The zero-order chi connectivity index (χ0) is 18.1. The lowest BCUT2D eigenvalue weighted by atomic mass is 10.1. The van der Waals surface area contributed by atoms with Gasteiger partial charge in [-0.05, 0) is 35.7 Å². The fraction of sp³-hybridized carbons (Fsp3) is 0. The molecular weight excluding hydrogens is 354 g/mol. The Kier molecular flexibility index (Phi) is 4.18. The first-order valence-corrected chi connectivity index (χ1v) is 8.70. The van der Waals surface area contributed by atoms with Gasteiger partial charge in [0, 0.05) is 17.1 Å². The molecule has 0 aliphatic heterocycles. The topological polar surface area (TPSA) is 42.0 Å². The van der Waals surface area contributed by atoms with Crippen LogP contribution in [0.2, 0.25) is 0 Å². The van der Waals surface area contributed by atoms with Crippen LogP contribution >= 0.6 is 11.3 Å². The summed E-state index contributed by atoms with van der Waals surface area (Å²) in [6.45, 7) is 0. The number of hydrogen-bond donors (Lipinski definition) is 1. The fourth-order valence-electron chi connectivity index (χ4n) is 2.69. The molecule has 0 saturated carbocycles. The molecule has 0 aliphatic rings. The normalized spacial score (nSPS) is 10.8. The van der Waals surface area contributed by atoms with Crippen molar-refractivity contribution >= 4 is 33.8 Å². The van der Waals surface area contributed by atoms with Crippen LogP contribution in [0.1, 0.15) is 10.4 Å². The van der Waals surface area contributed by atoms with Gasteiger partial charge < -0.3 is 5.32 Å². The molecule has 0 saturated heterocycles. The van der Waals surface area contributed by atoms with Crippen LogP contribution in [0.4, 0.5) is 14.5 Å². The zero-order valence-electron chi connectivity index (χ0n) is 13.4. The van der Waals surface area contributed by atoms with E-state index < -0.39 is 17.5 Å². The summed E-state index contributed by atoms with van der Waals surface area (Å²) in [5.74, 6) is -2.38. The minimum Gasteiger partial charge on any atom is -0.322 e. The van der Waals surface area contributed by atoms with E-state index in [1.54, 1.807) is 12.1 Å². The highest BCUT2D eigenvalue weighted by Crippen LogP contribution is 2.28. The van der Waals surface area contributed by atoms with Crippen LogP contribution in [0, 0.1) is 11.6 Å². The minimum atomic E-state index is -1.01. The van der Waals surface area contributed by atoms with Crippen LogP contribution in [-0.2, 0) is 0 Å². The zero-order valence-corrected chi connectivity index (χ0v) is 14.2. The van der Waals surface area contributed by atoms with Gasteiger partial charge in [0.05, 0.1) is 21.7 Å². The molecule has 0 aliphatic carbocycles. The summed E-state index contributed by atoms with van der Waals surface area (Å²) in [4.78, 5) is 18.4. The maximum absolute atomic E-state index is 13.4. The molecule has 4 aromatic rings. The summed E-state index contributed by atoms with van der Waals surface area (Å²) < 4.78 is 26.5. The van der Waals surface area contributed by atoms with Crippen LogP contribution < -0.4 is 5.32 Å². The number of hydrogen-bond acceptors (Lipinski definition) is 3. The minimum absolute atomic E-state index is 0.187. The summed E-state index contributed by atoms with van der Waals surface area (Å²) >= 11 is 1.53. The molecular formula is C20H12F2N2OS. The maximum atomic E-state index is 13.4. The van der Waals surface area contributed by atoms with Crippen molar-refractivity contribution in [3.8, 4) is 10.6 Å². The molecule has 0 bridgehead atoms. The van der Waals surface area contributed by atoms with Gasteiger partial charge in [0.2, 0.25) is 0 Å². The Balaban J connectivity index is 1.78. The molecule has 2 aromatic carbocycles. The van der Waals surface area contributed by atoms with Crippen molar-refractivity contribution in [2.75, 3.05) is 5.32 Å². The Morgan fingerprint density at radius 3 is 2.58 bits per heavy atom. The summed E-state index contributed by atoms with van der Waals surface area (Å²) in [6.07, 6.45) is 0. The summed E-state index contributed by atoms with van der Waals surface area (Å²) in [5, 5.41) is 5.25. The molecule has 0 atom stereocenters. The van der Waals surface area contributed by atoms with Gasteiger partial charge in [-0.15, -0.1) is 11.3 Å². The second kappa shape index (κ2) is 6.65. The van der Waals surface area contributed by atoms with Crippen LogP contribution in [0.3, 0.4) is 0 Å². The van der Waals surface area contributed by atoms with Gasteiger partial charge in [-0.3, -0.25) is 4.79 Å². The van der Waals surface area contributed by atoms with Crippen molar-refractivity contribution in [1.82, 2.24) is 4.98 Å². The van der Waals surface area contributed by atoms with Gasteiger partial charge in [-0.2, -0.15) is 0 Å². The second-order valence-corrected chi connectivity index (χ2v) is 6.58. The highest BCUT2D eigenvalue weighted by Gasteiger charge is 2.15. The van der Waals surface area contributed by atoms with Crippen LogP contribution in [-0.4, -0.2) is 10.9 Å². The quantitative estimate of drug-likeness (QED) is 0.521. The smallest absolute Gasteiger partial charge is 0.256 e. The average molecular weight is 366 g/mol. The first-order valence-electron chi connectivity index (χ1n) is 7.82. The molecule has 2 aromatic heterocycles. The number of aromatic nitrogens is 1. The number of anilines is 1. The van der Waals surface area contributed by atoms with Crippen molar-refractivity contribution in [1.29, 1.82) is 0 Å². The number of halogens is 2. The molecule has 6 heteroatoms. The average Bonchev–Trinajstić information content (AvgIpc) is 3.18. The molecule has 3 nitrogen and oxygen atoms in total. The molecule has 1 amide bonds. The molecule has 2 heterocycles. The van der Waals surface area contributed by atoms with E-state index in [0.717, 1.165) is 17.0 Å². The standard InChI is InChI=1S/C20H12F2N2OS/c21-15-8-7-12(10-16(15)22)23-20(25)14-11-18(19-6-3-9-26-19)24-17-5-2-1-4-13(14)17/h1-11H,(H,23,25). The van der Waals surface area contributed by atoms with E-state index in [4.69, 9.17) is 0 Å². The lowest BCUT2D eigenvalue weighted by Gasteiger charge is -2.10. The van der Waals surface area contributed by atoms with Gasteiger partial charge in [-0.25, -0.2) is 13.8 Å². The Morgan fingerprint density at radius 1 is 0.962 bits per heavy atom. The Labute approximate surface area is 151 Å². The van der Waals surface area contributed by atoms with Crippen molar-refractivity contribution in [3.05, 3.63) is 83.2 Å². The number of nitrogens with zero attached hydrogens (tertiary/aromatic N) is 1. The first-order chi connectivity index (χ1) is 12.6. The molecule has 128 valence electrons.